The summed E-state index contributed by atoms with van der Waals surface area (Å²) in [6.45, 7) is 0. The molecule has 0 heterocycles. The first-order chi connectivity index (χ1) is 9.58. The molecule has 0 aliphatic heterocycles. The molecule has 0 fully saturated rings. The van der Waals surface area contributed by atoms with Crippen LogP contribution in [0.3, 0.4) is 0 Å². The summed E-state index contributed by atoms with van der Waals surface area (Å²) in [5, 5.41) is 0.714. The van der Waals surface area contributed by atoms with E-state index in [1.165, 1.54) is 6.07 Å². The molecule has 0 saturated carbocycles. The summed E-state index contributed by atoms with van der Waals surface area (Å²) >= 11 is 15.3. The molecule has 0 bridgehead atoms. The van der Waals surface area contributed by atoms with Crippen LogP contribution >= 0.6 is 39.1 Å². The molecule has 0 saturated heterocycles. The maximum Gasteiger partial charge on any atom is 0.127 e. The maximum absolute atomic E-state index is 13.9. The fraction of sp³-hybridized carbons (Fsp3) is 0.250. The Morgan fingerprint density at radius 2 is 1.90 bits per heavy atom. The summed E-state index contributed by atoms with van der Waals surface area (Å²) in [4.78, 5) is 0. The van der Waals surface area contributed by atoms with Gasteiger partial charge in [-0.2, -0.15) is 0 Å². The molecule has 1 unspecified atom stereocenters. The van der Waals surface area contributed by atoms with E-state index in [1.54, 1.807) is 6.07 Å². The van der Waals surface area contributed by atoms with Crippen molar-refractivity contribution >= 4 is 39.1 Å². The average molecular weight is 376 g/mol. The fourth-order valence-electron chi connectivity index (χ4n) is 2.18. The molecule has 0 N–H and O–H groups in total. The van der Waals surface area contributed by atoms with Crippen LogP contribution in [0.15, 0.2) is 46.9 Å². The van der Waals surface area contributed by atoms with E-state index in [9.17, 15) is 4.39 Å². The second kappa shape index (κ2) is 7.44. The van der Waals surface area contributed by atoms with Gasteiger partial charge in [-0.1, -0.05) is 45.7 Å². The molecule has 2 aromatic carbocycles. The molecule has 20 heavy (non-hydrogen) atoms. The van der Waals surface area contributed by atoms with Crippen molar-refractivity contribution in [2.75, 3.05) is 5.88 Å². The van der Waals surface area contributed by atoms with Crippen LogP contribution in [0.5, 0.6) is 0 Å². The van der Waals surface area contributed by atoms with Crippen LogP contribution in [0.2, 0.25) is 5.02 Å². The minimum absolute atomic E-state index is 0.186. The molecule has 0 nitrogen and oxygen atoms in total. The molecular formula is C16H14BrCl2F. The third-order valence-corrected chi connectivity index (χ3v) is 4.32. The van der Waals surface area contributed by atoms with E-state index in [-0.39, 0.29) is 11.7 Å². The van der Waals surface area contributed by atoms with E-state index in [1.807, 2.05) is 30.3 Å². The molecule has 4 heteroatoms. The van der Waals surface area contributed by atoms with Gasteiger partial charge in [-0.15, -0.1) is 11.6 Å². The van der Waals surface area contributed by atoms with E-state index >= 15 is 0 Å². The number of alkyl halides is 1. The summed E-state index contributed by atoms with van der Waals surface area (Å²) in [6, 6.07) is 12.8. The molecule has 0 radical (unpaired) electrons. The van der Waals surface area contributed by atoms with Crippen molar-refractivity contribution in [1.29, 1.82) is 0 Å². The van der Waals surface area contributed by atoms with Gasteiger partial charge in [-0.25, -0.2) is 4.39 Å². The molecule has 2 aromatic rings. The van der Waals surface area contributed by atoms with Crippen LogP contribution in [0.1, 0.15) is 11.1 Å². The zero-order valence-electron chi connectivity index (χ0n) is 10.8. The van der Waals surface area contributed by atoms with Crippen LogP contribution in [-0.2, 0) is 12.8 Å². The van der Waals surface area contributed by atoms with Gasteiger partial charge in [-0.3, -0.25) is 0 Å². The highest BCUT2D eigenvalue weighted by atomic mass is 79.9. The lowest BCUT2D eigenvalue weighted by Crippen LogP contribution is -2.11. The molecule has 106 valence electrons. The van der Waals surface area contributed by atoms with Crippen molar-refractivity contribution < 1.29 is 4.39 Å². The van der Waals surface area contributed by atoms with Crippen LogP contribution < -0.4 is 0 Å². The third kappa shape index (κ3) is 4.47. The van der Waals surface area contributed by atoms with Gasteiger partial charge in [-0.05, 0) is 54.2 Å². The van der Waals surface area contributed by atoms with Gasteiger partial charge >= 0.3 is 0 Å². The lowest BCUT2D eigenvalue weighted by molar-refractivity contribution is 0.546. The van der Waals surface area contributed by atoms with Crippen molar-refractivity contribution in [3.63, 3.8) is 0 Å². The summed E-state index contributed by atoms with van der Waals surface area (Å²) in [6.07, 6.45) is 1.41. The minimum atomic E-state index is -0.194. The normalized spacial score (nSPS) is 12.4. The highest BCUT2D eigenvalue weighted by molar-refractivity contribution is 9.10. The Kier molecular flexibility index (Phi) is 5.88. The van der Waals surface area contributed by atoms with E-state index in [0.717, 1.165) is 16.5 Å². The van der Waals surface area contributed by atoms with Crippen molar-refractivity contribution in [2.45, 2.75) is 12.8 Å². The molecule has 1 atom stereocenters. The first-order valence-corrected chi connectivity index (χ1v) is 8.03. The summed E-state index contributed by atoms with van der Waals surface area (Å²) in [5.41, 5.74) is 1.82. The van der Waals surface area contributed by atoms with Crippen LogP contribution in [0, 0.1) is 11.7 Å². The number of benzene rings is 2. The Morgan fingerprint density at radius 1 is 1.10 bits per heavy atom. The first kappa shape index (κ1) is 15.8. The number of halogens is 4. The smallest absolute Gasteiger partial charge is 0.127 e. The van der Waals surface area contributed by atoms with E-state index in [2.05, 4.69) is 15.9 Å². The Labute approximate surface area is 137 Å². The van der Waals surface area contributed by atoms with Gasteiger partial charge in [0.25, 0.3) is 0 Å². The van der Waals surface area contributed by atoms with Crippen molar-refractivity contribution in [3.8, 4) is 0 Å². The first-order valence-electron chi connectivity index (χ1n) is 6.33. The topological polar surface area (TPSA) is 0 Å². The lowest BCUT2D eigenvalue weighted by atomic mass is 9.94. The Balaban J connectivity index is 2.09. The van der Waals surface area contributed by atoms with Gasteiger partial charge in [0.15, 0.2) is 0 Å². The monoisotopic (exact) mass is 374 g/mol. The molecule has 0 amide bonds. The van der Waals surface area contributed by atoms with Gasteiger partial charge < -0.3 is 0 Å². The largest absolute Gasteiger partial charge is 0.207 e. The molecular weight excluding hydrogens is 362 g/mol. The Bertz CT molecular complexity index is 586. The second-order valence-electron chi connectivity index (χ2n) is 4.79. The van der Waals surface area contributed by atoms with Gasteiger partial charge in [0.05, 0.1) is 0 Å². The summed E-state index contributed by atoms with van der Waals surface area (Å²) in [5.74, 6) is 0.480. The zero-order valence-corrected chi connectivity index (χ0v) is 13.8. The van der Waals surface area contributed by atoms with Gasteiger partial charge in [0, 0.05) is 15.4 Å². The average Bonchev–Trinajstić information content (AvgIpc) is 2.41. The highest BCUT2D eigenvalue weighted by Crippen LogP contribution is 2.22. The van der Waals surface area contributed by atoms with E-state index < -0.39 is 0 Å². The number of hydrogen-bond donors (Lipinski definition) is 0. The van der Waals surface area contributed by atoms with Crippen molar-refractivity contribution in [3.05, 3.63) is 68.9 Å². The predicted molar refractivity (Wildman–Crippen MR) is 87.2 cm³/mol. The lowest BCUT2D eigenvalue weighted by Gasteiger charge is -2.15. The van der Waals surface area contributed by atoms with E-state index in [0.29, 0.717) is 22.9 Å². The Morgan fingerprint density at radius 3 is 2.55 bits per heavy atom. The van der Waals surface area contributed by atoms with Crippen LogP contribution in [0.4, 0.5) is 4.39 Å². The quantitative estimate of drug-likeness (QED) is 0.572. The van der Waals surface area contributed by atoms with Gasteiger partial charge in [0.1, 0.15) is 5.82 Å². The standard InChI is InChI=1S/C16H14BrCl2F/c17-14-5-4-13(16(20)9-14)7-12(10-18)6-11-2-1-3-15(19)8-11/h1-5,8-9,12H,6-7,10H2. The summed E-state index contributed by atoms with van der Waals surface area (Å²) in [7, 11) is 0. The Hall–Kier alpha value is -0.570. The zero-order chi connectivity index (χ0) is 14.5. The predicted octanol–water partition coefficient (Wildman–Crippen LogP) is 5.88. The minimum Gasteiger partial charge on any atom is -0.207 e. The fourth-order valence-corrected chi connectivity index (χ4v) is 2.94. The third-order valence-electron chi connectivity index (χ3n) is 3.16. The summed E-state index contributed by atoms with van der Waals surface area (Å²) < 4.78 is 14.6. The van der Waals surface area contributed by atoms with Crippen LogP contribution in [0.25, 0.3) is 0 Å². The van der Waals surface area contributed by atoms with Crippen molar-refractivity contribution in [1.82, 2.24) is 0 Å². The highest BCUT2D eigenvalue weighted by Gasteiger charge is 2.13. The molecule has 2 rings (SSSR count). The molecule has 0 aliphatic rings. The molecule has 0 aliphatic carbocycles. The second-order valence-corrected chi connectivity index (χ2v) is 6.45. The van der Waals surface area contributed by atoms with Crippen LogP contribution in [-0.4, -0.2) is 5.88 Å². The molecule has 0 aromatic heterocycles. The maximum atomic E-state index is 13.9. The van der Waals surface area contributed by atoms with E-state index in [4.69, 9.17) is 23.2 Å². The molecule has 0 spiro atoms. The van der Waals surface area contributed by atoms with Crippen molar-refractivity contribution in [2.24, 2.45) is 5.92 Å². The SMILES string of the molecule is Fc1cc(Br)ccc1CC(CCl)Cc1cccc(Cl)c1. The number of rotatable bonds is 5. The number of hydrogen-bond acceptors (Lipinski definition) is 0. The van der Waals surface area contributed by atoms with Gasteiger partial charge in [0.2, 0.25) is 0 Å².